The second-order valence-electron chi connectivity index (χ2n) is 7.02. The maximum atomic E-state index is 11.7. The van der Waals surface area contributed by atoms with Gasteiger partial charge in [0.25, 0.3) is 0 Å². The summed E-state index contributed by atoms with van der Waals surface area (Å²) in [6.07, 6.45) is 5.19. The van der Waals surface area contributed by atoms with Crippen molar-refractivity contribution in [2.45, 2.75) is 63.7 Å². The van der Waals surface area contributed by atoms with Gasteiger partial charge in [0, 0.05) is 6.26 Å². The maximum Gasteiger partial charge on any atom is 0.150 e. The lowest BCUT2D eigenvalue weighted by Gasteiger charge is -2.38. The van der Waals surface area contributed by atoms with Gasteiger partial charge in [-0.1, -0.05) is 20.3 Å². The fraction of sp³-hybridized carbons (Fsp3) is 1.00. The molecule has 0 spiro atoms. The van der Waals surface area contributed by atoms with Crippen LogP contribution in [0.5, 0.6) is 0 Å². The Labute approximate surface area is 124 Å². The Hall–Kier alpha value is -0.130. The lowest BCUT2D eigenvalue weighted by Crippen LogP contribution is -2.42. The molecule has 1 rings (SSSR count). The third-order valence-corrected chi connectivity index (χ3v) is 6.11. The Balaban J connectivity index is 2.49. The Morgan fingerprint density at radius 1 is 1.35 bits per heavy atom. The summed E-state index contributed by atoms with van der Waals surface area (Å²) in [6, 6.07) is 0. The fourth-order valence-electron chi connectivity index (χ4n) is 3.03. The van der Waals surface area contributed by atoms with Crippen molar-refractivity contribution in [2.24, 2.45) is 11.8 Å². The lowest BCUT2D eigenvalue weighted by molar-refractivity contribution is -0.0224. The van der Waals surface area contributed by atoms with Gasteiger partial charge in [-0.15, -0.1) is 0 Å². The highest BCUT2D eigenvalue weighted by molar-refractivity contribution is 7.91. The van der Waals surface area contributed by atoms with Crippen LogP contribution in [0.1, 0.15) is 52.9 Å². The first-order valence-corrected chi connectivity index (χ1v) is 9.70. The second kappa shape index (κ2) is 7.23. The zero-order valence-electron chi connectivity index (χ0n) is 13.4. The van der Waals surface area contributed by atoms with Gasteiger partial charge in [-0.2, -0.15) is 0 Å². The molecule has 1 aliphatic rings. The van der Waals surface area contributed by atoms with Crippen molar-refractivity contribution in [2.75, 3.05) is 19.3 Å². The highest BCUT2D eigenvalue weighted by Gasteiger charge is 2.38. The van der Waals surface area contributed by atoms with Crippen molar-refractivity contribution in [3.63, 3.8) is 0 Å². The van der Waals surface area contributed by atoms with Crippen LogP contribution in [-0.4, -0.2) is 43.7 Å². The van der Waals surface area contributed by atoms with Crippen LogP contribution in [0.2, 0.25) is 0 Å². The summed E-state index contributed by atoms with van der Waals surface area (Å²) in [4.78, 5) is 0. The predicted molar refractivity (Wildman–Crippen MR) is 83.5 cm³/mol. The molecule has 4 nitrogen and oxygen atoms in total. The zero-order valence-corrected chi connectivity index (χ0v) is 14.2. The largest absolute Gasteiger partial charge is 0.390 e. The summed E-state index contributed by atoms with van der Waals surface area (Å²) in [6.45, 7) is 7.91. The summed E-state index contributed by atoms with van der Waals surface area (Å²) in [7, 11) is -2.98. The van der Waals surface area contributed by atoms with Crippen molar-refractivity contribution < 1.29 is 13.5 Å². The average Bonchev–Trinajstić information content (AvgIpc) is 2.34. The Morgan fingerprint density at radius 2 is 2.00 bits per heavy atom. The van der Waals surface area contributed by atoms with E-state index >= 15 is 0 Å². The van der Waals surface area contributed by atoms with Gasteiger partial charge in [-0.3, -0.25) is 0 Å². The molecule has 0 bridgehead atoms. The first-order valence-electron chi connectivity index (χ1n) is 7.75. The normalized spacial score (nSPS) is 27.5. The van der Waals surface area contributed by atoms with Gasteiger partial charge in [0.15, 0.2) is 0 Å². The standard InChI is InChI=1S/C15H31NO3S/c1-12(2)11-16-9-8-15(3,17)13-6-5-7-14(10-13)20(4,18)19/h12-14,16-17H,5-11H2,1-4H3. The van der Waals surface area contributed by atoms with Crippen LogP contribution in [-0.2, 0) is 9.84 Å². The molecule has 0 heterocycles. The molecular formula is C15H31NO3S. The van der Waals surface area contributed by atoms with Gasteiger partial charge < -0.3 is 10.4 Å². The monoisotopic (exact) mass is 305 g/mol. The molecule has 0 aromatic heterocycles. The number of nitrogens with one attached hydrogen (secondary N) is 1. The topological polar surface area (TPSA) is 66.4 Å². The minimum absolute atomic E-state index is 0.0943. The molecule has 20 heavy (non-hydrogen) atoms. The van der Waals surface area contributed by atoms with Crippen LogP contribution in [0.3, 0.4) is 0 Å². The number of aliphatic hydroxyl groups is 1. The van der Waals surface area contributed by atoms with E-state index in [2.05, 4.69) is 19.2 Å². The van der Waals surface area contributed by atoms with E-state index in [4.69, 9.17) is 0 Å². The van der Waals surface area contributed by atoms with Crippen LogP contribution in [0.25, 0.3) is 0 Å². The molecule has 5 heteroatoms. The van der Waals surface area contributed by atoms with Crippen LogP contribution in [0, 0.1) is 11.8 Å². The van der Waals surface area contributed by atoms with Crippen molar-refractivity contribution >= 4 is 9.84 Å². The minimum Gasteiger partial charge on any atom is -0.390 e. The van der Waals surface area contributed by atoms with E-state index in [1.807, 2.05) is 6.92 Å². The van der Waals surface area contributed by atoms with Gasteiger partial charge in [-0.25, -0.2) is 8.42 Å². The minimum atomic E-state index is -2.98. The van der Waals surface area contributed by atoms with Crippen LogP contribution >= 0.6 is 0 Å². The molecule has 3 unspecified atom stereocenters. The van der Waals surface area contributed by atoms with E-state index in [-0.39, 0.29) is 11.2 Å². The van der Waals surface area contributed by atoms with E-state index in [0.29, 0.717) is 18.8 Å². The van der Waals surface area contributed by atoms with Crippen molar-refractivity contribution in [1.29, 1.82) is 0 Å². The molecule has 0 radical (unpaired) electrons. The van der Waals surface area contributed by atoms with E-state index < -0.39 is 15.4 Å². The van der Waals surface area contributed by atoms with Gasteiger partial charge in [0.2, 0.25) is 0 Å². The molecule has 0 aromatic rings. The fourth-order valence-corrected chi connectivity index (χ4v) is 4.21. The van der Waals surface area contributed by atoms with Gasteiger partial charge in [0.05, 0.1) is 10.9 Å². The number of sulfone groups is 1. The molecule has 0 amide bonds. The molecule has 1 saturated carbocycles. The van der Waals surface area contributed by atoms with E-state index in [9.17, 15) is 13.5 Å². The summed E-state index contributed by atoms with van der Waals surface area (Å²) < 4.78 is 23.4. The van der Waals surface area contributed by atoms with Crippen LogP contribution in [0.4, 0.5) is 0 Å². The third kappa shape index (κ3) is 5.70. The molecule has 1 fully saturated rings. The lowest BCUT2D eigenvalue weighted by atomic mass is 9.76. The molecule has 1 aliphatic carbocycles. The molecular weight excluding hydrogens is 274 g/mol. The zero-order chi connectivity index (χ0) is 15.4. The molecule has 0 saturated heterocycles. The van der Waals surface area contributed by atoms with E-state index in [1.165, 1.54) is 6.26 Å². The third-order valence-electron chi connectivity index (χ3n) is 4.47. The first kappa shape index (κ1) is 17.9. The van der Waals surface area contributed by atoms with Gasteiger partial charge in [-0.05, 0) is 57.5 Å². The van der Waals surface area contributed by atoms with Crippen molar-refractivity contribution in [1.82, 2.24) is 5.32 Å². The Morgan fingerprint density at radius 3 is 2.55 bits per heavy atom. The summed E-state index contributed by atoms with van der Waals surface area (Å²) in [5, 5.41) is 13.7. The summed E-state index contributed by atoms with van der Waals surface area (Å²) in [5.41, 5.74) is -0.770. The molecule has 3 atom stereocenters. The maximum absolute atomic E-state index is 11.7. The van der Waals surface area contributed by atoms with Crippen LogP contribution in [0.15, 0.2) is 0 Å². The smallest absolute Gasteiger partial charge is 0.150 e. The van der Waals surface area contributed by atoms with Crippen molar-refractivity contribution in [3.8, 4) is 0 Å². The average molecular weight is 305 g/mol. The quantitative estimate of drug-likeness (QED) is 0.706. The highest BCUT2D eigenvalue weighted by Crippen LogP contribution is 2.36. The highest BCUT2D eigenvalue weighted by atomic mass is 32.2. The number of rotatable bonds is 7. The van der Waals surface area contributed by atoms with Gasteiger partial charge >= 0.3 is 0 Å². The number of hydrogen-bond donors (Lipinski definition) is 2. The van der Waals surface area contributed by atoms with E-state index in [1.54, 1.807) is 0 Å². The molecule has 0 aromatic carbocycles. The first-order chi connectivity index (χ1) is 9.13. The number of hydrogen-bond acceptors (Lipinski definition) is 4. The van der Waals surface area contributed by atoms with Crippen LogP contribution < -0.4 is 5.32 Å². The predicted octanol–water partition coefficient (Wildman–Crippen LogP) is 1.98. The SMILES string of the molecule is CC(C)CNCCC(C)(O)C1CCCC(S(C)(=O)=O)C1. The summed E-state index contributed by atoms with van der Waals surface area (Å²) >= 11 is 0. The van der Waals surface area contributed by atoms with Gasteiger partial charge in [0.1, 0.15) is 9.84 Å². The molecule has 2 N–H and O–H groups in total. The Kier molecular flexibility index (Phi) is 6.48. The molecule has 0 aliphatic heterocycles. The second-order valence-corrected chi connectivity index (χ2v) is 9.35. The molecule has 120 valence electrons. The van der Waals surface area contributed by atoms with E-state index in [0.717, 1.165) is 32.4 Å². The Bertz CT molecular complexity index is 390. The summed E-state index contributed by atoms with van der Waals surface area (Å²) in [5.74, 6) is 0.695. The van der Waals surface area contributed by atoms with Crippen molar-refractivity contribution in [3.05, 3.63) is 0 Å².